The van der Waals surface area contributed by atoms with Gasteiger partial charge in [-0.15, -0.1) is 0 Å². The zero-order valence-corrected chi connectivity index (χ0v) is 20.2. The van der Waals surface area contributed by atoms with Crippen molar-refractivity contribution in [3.63, 3.8) is 0 Å². The van der Waals surface area contributed by atoms with Gasteiger partial charge in [0, 0.05) is 12.2 Å². The van der Waals surface area contributed by atoms with E-state index in [4.69, 9.17) is 10.8 Å². The summed E-state index contributed by atoms with van der Waals surface area (Å²) in [5.41, 5.74) is 5.86. The quantitative estimate of drug-likeness (QED) is 0.138. The first kappa shape index (κ1) is 30.0. The maximum Gasteiger partial charge on any atom is 0.326 e. The topological polar surface area (TPSA) is 188 Å². The Labute approximate surface area is 197 Å². The van der Waals surface area contributed by atoms with Crippen molar-refractivity contribution in [2.24, 2.45) is 11.7 Å². The average molecular weight is 495 g/mol. The summed E-state index contributed by atoms with van der Waals surface area (Å²) in [5.74, 6) is -3.94. The molecule has 0 heterocycles. The van der Waals surface area contributed by atoms with Crippen LogP contribution in [0.15, 0.2) is 0 Å². The first-order valence-corrected chi connectivity index (χ1v) is 12.2. The maximum absolute atomic E-state index is 12.8. The van der Waals surface area contributed by atoms with E-state index in [0.29, 0.717) is 18.6 Å². The summed E-state index contributed by atoms with van der Waals surface area (Å²) in [6.45, 7) is 3.73. The molecule has 7 N–H and O–H groups in total. The Morgan fingerprint density at radius 2 is 1.44 bits per heavy atom. The number of hydrogen-bond donors (Lipinski definition) is 7. The van der Waals surface area contributed by atoms with Crippen LogP contribution in [0, 0.1) is 5.92 Å². The van der Waals surface area contributed by atoms with Crippen LogP contribution >= 0.6 is 24.4 Å². The SMILES string of the molecule is CSCCC(N)C(=O)NC(CC(C)C)C(=O)NC(CS)C(=O)NC(CCC(=O)O)C(=O)O. The number of thioether (sulfide) groups is 1. The van der Waals surface area contributed by atoms with Gasteiger partial charge in [-0.05, 0) is 37.2 Å². The molecule has 0 rings (SSSR count). The van der Waals surface area contributed by atoms with Gasteiger partial charge < -0.3 is 31.9 Å². The van der Waals surface area contributed by atoms with E-state index in [1.54, 1.807) is 11.8 Å². The molecule has 4 atom stereocenters. The van der Waals surface area contributed by atoms with Crippen LogP contribution in [0.1, 0.15) is 39.5 Å². The van der Waals surface area contributed by atoms with Gasteiger partial charge in [-0.3, -0.25) is 19.2 Å². The monoisotopic (exact) mass is 494 g/mol. The van der Waals surface area contributed by atoms with Crippen molar-refractivity contribution >= 4 is 54.1 Å². The van der Waals surface area contributed by atoms with E-state index in [1.165, 1.54) is 0 Å². The zero-order chi connectivity index (χ0) is 24.8. The summed E-state index contributed by atoms with van der Waals surface area (Å²) in [7, 11) is 0. The first-order chi connectivity index (χ1) is 14.9. The molecule has 0 saturated carbocycles. The molecule has 0 spiro atoms. The van der Waals surface area contributed by atoms with Crippen LogP contribution in [0.5, 0.6) is 0 Å². The van der Waals surface area contributed by atoms with Crippen LogP contribution in [0.3, 0.4) is 0 Å². The lowest BCUT2D eigenvalue weighted by molar-refractivity contribution is -0.143. The Morgan fingerprint density at radius 3 is 1.91 bits per heavy atom. The lowest BCUT2D eigenvalue weighted by atomic mass is 10.0. The fraction of sp³-hybridized carbons (Fsp3) is 0.737. The highest BCUT2D eigenvalue weighted by Crippen LogP contribution is 2.08. The van der Waals surface area contributed by atoms with Crippen molar-refractivity contribution in [3.8, 4) is 0 Å². The number of carboxylic acid groups (broad SMARTS) is 2. The average Bonchev–Trinajstić information content (AvgIpc) is 2.71. The second kappa shape index (κ2) is 15.8. The normalized spacial score (nSPS) is 14.7. The Kier molecular flexibility index (Phi) is 14.8. The van der Waals surface area contributed by atoms with Gasteiger partial charge >= 0.3 is 11.9 Å². The first-order valence-electron chi connectivity index (χ1n) is 10.1. The number of amides is 3. The summed E-state index contributed by atoms with van der Waals surface area (Å²) >= 11 is 5.58. The lowest BCUT2D eigenvalue weighted by Gasteiger charge is -2.25. The highest BCUT2D eigenvalue weighted by atomic mass is 32.2. The van der Waals surface area contributed by atoms with Crippen LogP contribution in [-0.4, -0.2) is 81.8 Å². The van der Waals surface area contributed by atoms with Crippen molar-refractivity contribution < 1.29 is 34.2 Å². The second-order valence-corrected chi connectivity index (χ2v) is 9.01. The maximum atomic E-state index is 12.8. The molecule has 0 fully saturated rings. The van der Waals surface area contributed by atoms with Gasteiger partial charge in [0.2, 0.25) is 17.7 Å². The van der Waals surface area contributed by atoms with E-state index in [9.17, 15) is 29.1 Å². The van der Waals surface area contributed by atoms with E-state index in [2.05, 4.69) is 28.6 Å². The highest BCUT2D eigenvalue weighted by Gasteiger charge is 2.30. The number of carbonyl (C=O) groups is 5. The minimum Gasteiger partial charge on any atom is -0.481 e. The Morgan fingerprint density at radius 1 is 0.906 bits per heavy atom. The third-order valence-corrected chi connectivity index (χ3v) is 5.40. The highest BCUT2D eigenvalue weighted by molar-refractivity contribution is 7.98. The summed E-state index contributed by atoms with van der Waals surface area (Å²) in [4.78, 5) is 59.6. The molecule has 0 aromatic carbocycles. The van der Waals surface area contributed by atoms with Crippen LogP contribution in [0.2, 0.25) is 0 Å². The predicted molar refractivity (Wildman–Crippen MR) is 125 cm³/mol. The summed E-state index contributed by atoms with van der Waals surface area (Å²) in [6.07, 6.45) is 1.86. The van der Waals surface area contributed by atoms with Crippen molar-refractivity contribution in [1.82, 2.24) is 16.0 Å². The Hall–Kier alpha value is -1.99. The van der Waals surface area contributed by atoms with Gasteiger partial charge in [-0.2, -0.15) is 24.4 Å². The molecule has 184 valence electrons. The minimum absolute atomic E-state index is 0.0455. The van der Waals surface area contributed by atoms with Gasteiger partial charge in [0.1, 0.15) is 18.1 Å². The van der Waals surface area contributed by atoms with Crippen molar-refractivity contribution in [2.45, 2.75) is 63.7 Å². The number of nitrogens with one attached hydrogen (secondary N) is 3. The molecule has 0 aromatic heterocycles. The van der Waals surface area contributed by atoms with Crippen LogP contribution < -0.4 is 21.7 Å². The van der Waals surface area contributed by atoms with E-state index < -0.39 is 60.2 Å². The van der Waals surface area contributed by atoms with Gasteiger partial charge in [0.25, 0.3) is 0 Å². The molecule has 0 aromatic rings. The summed E-state index contributed by atoms with van der Waals surface area (Å²) < 4.78 is 0. The van der Waals surface area contributed by atoms with E-state index in [0.717, 1.165) is 0 Å². The van der Waals surface area contributed by atoms with E-state index in [-0.39, 0.29) is 18.1 Å². The fourth-order valence-electron chi connectivity index (χ4n) is 2.62. The number of rotatable bonds is 16. The molecule has 0 bridgehead atoms. The Balaban J connectivity index is 5.19. The molecule has 32 heavy (non-hydrogen) atoms. The molecule has 4 unspecified atom stereocenters. The fourth-order valence-corrected chi connectivity index (χ4v) is 3.37. The number of carboxylic acids is 2. The number of thiol groups is 1. The summed E-state index contributed by atoms with van der Waals surface area (Å²) in [6, 6.07) is -4.34. The molecule has 0 radical (unpaired) electrons. The molecule has 0 aliphatic heterocycles. The largest absolute Gasteiger partial charge is 0.481 e. The lowest BCUT2D eigenvalue weighted by Crippen LogP contribution is -2.58. The number of hydrogen-bond acceptors (Lipinski definition) is 8. The third-order valence-electron chi connectivity index (χ3n) is 4.39. The number of aliphatic carboxylic acids is 2. The van der Waals surface area contributed by atoms with Gasteiger partial charge in [0.15, 0.2) is 0 Å². The molecule has 0 saturated heterocycles. The van der Waals surface area contributed by atoms with Crippen LogP contribution in [0.4, 0.5) is 0 Å². The van der Waals surface area contributed by atoms with E-state index >= 15 is 0 Å². The predicted octanol–water partition coefficient (Wildman–Crippen LogP) is -0.553. The van der Waals surface area contributed by atoms with Crippen LogP contribution in [-0.2, 0) is 24.0 Å². The standard InChI is InChI=1S/C19H34N4O7S2/c1-10(2)8-13(22-16(26)11(20)6-7-32-3)17(27)23-14(9-31)18(28)21-12(19(29)30)4-5-15(24)25/h10-14,31H,4-9,20H2,1-3H3,(H,21,28)(H,22,26)(H,23,27)(H,24,25)(H,29,30). The molecule has 0 aliphatic carbocycles. The van der Waals surface area contributed by atoms with Gasteiger partial charge in [0.05, 0.1) is 6.04 Å². The molecular weight excluding hydrogens is 460 g/mol. The minimum atomic E-state index is -1.43. The van der Waals surface area contributed by atoms with Crippen LogP contribution in [0.25, 0.3) is 0 Å². The molecule has 13 heteroatoms. The molecule has 0 aliphatic rings. The van der Waals surface area contributed by atoms with Crippen molar-refractivity contribution in [3.05, 3.63) is 0 Å². The third kappa shape index (κ3) is 12.2. The molecular formula is C19H34N4O7S2. The molecule has 11 nitrogen and oxygen atoms in total. The van der Waals surface area contributed by atoms with Crippen molar-refractivity contribution in [2.75, 3.05) is 17.8 Å². The summed E-state index contributed by atoms with van der Waals surface area (Å²) in [5, 5.41) is 25.2. The molecule has 3 amide bonds. The Bertz CT molecular complexity index is 664. The number of carbonyl (C=O) groups excluding carboxylic acids is 3. The van der Waals surface area contributed by atoms with E-state index in [1.807, 2.05) is 20.1 Å². The smallest absolute Gasteiger partial charge is 0.326 e. The van der Waals surface area contributed by atoms with Crippen molar-refractivity contribution in [1.29, 1.82) is 0 Å². The van der Waals surface area contributed by atoms with Gasteiger partial charge in [-0.1, -0.05) is 13.8 Å². The second-order valence-electron chi connectivity index (χ2n) is 7.65. The van der Waals surface area contributed by atoms with Gasteiger partial charge in [-0.25, -0.2) is 4.79 Å². The number of nitrogens with two attached hydrogens (primary N) is 1. The zero-order valence-electron chi connectivity index (χ0n) is 18.5.